The predicted molar refractivity (Wildman–Crippen MR) is 65.9 cm³/mol. The summed E-state index contributed by atoms with van der Waals surface area (Å²) in [7, 11) is 1.58. The van der Waals surface area contributed by atoms with Gasteiger partial charge in [0.15, 0.2) is 0 Å². The summed E-state index contributed by atoms with van der Waals surface area (Å²) in [6, 6.07) is 1.68. The van der Waals surface area contributed by atoms with Crippen LogP contribution >= 0.6 is 38.9 Å². The Morgan fingerprint density at radius 3 is 3.00 bits per heavy atom. The molecule has 0 aromatic carbocycles. The molecule has 0 saturated carbocycles. The van der Waals surface area contributed by atoms with Crippen LogP contribution in [0.1, 0.15) is 9.67 Å². The largest absolute Gasteiger partial charge is 0.383 e. The molecule has 1 unspecified atom stereocenters. The number of thiophene rings is 1. The third-order valence-corrected chi connectivity index (χ3v) is 3.92. The number of amides is 1. The summed E-state index contributed by atoms with van der Waals surface area (Å²) in [5.74, 6) is 0.210. The second kappa shape index (κ2) is 6.48. The number of rotatable bonds is 5. The third-order valence-electron chi connectivity index (χ3n) is 1.71. The lowest BCUT2D eigenvalue weighted by Crippen LogP contribution is -2.39. The van der Waals surface area contributed by atoms with Gasteiger partial charge < -0.3 is 10.1 Å². The minimum Gasteiger partial charge on any atom is -0.383 e. The van der Waals surface area contributed by atoms with Crippen LogP contribution < -0.4 is 5.32 Å². The quantitative estimate of drug-likeness (QED) is 0.848. The lowest BCUT2D eigenvalue weighted by atomic mass is 10.3. The van der Waals surface area contributed by atoms with Crippen LogP contribution in [0.5, 0.6) is 0 Å². The smallest absolute Gasteiger partial charge is 0.262 e. The highest BCUT2D eigenvalue weighted by Gasteiger charge is 2.15. The van der Waals surface area contributed by atoms with Crippen molar-refractivity contribution in [3.8, 4) is 0 Å². The molecule has 3 nitrogen and oxygen atoms in total. The van der Waals surface area contributed by atoms with Gasteiger partial charge in [0.1, 0.15) is 4.88 Å². The van der Waals surface area contributed by atoms with Crippen LogP contribution in [0.3, 0.4) is 0 Å². The molecule has 0 radical (unpaired) electrons. The molecule has 1 N–H and O–H groups in total. The number of carbonyl (C=O) groups excluding carboxylic acids is 1. The van der Waals surface area contributed by atoms with Crippen molar-refractivity contribution < 1.29 is 9.53 Å². The minimum absolute atomic E-state index is 0.125. The highest BCUT2D eigenvalue weighted by Crippen LogP contribution is 2.22. The monoisotopic (exact) mass is 311 g/mol. The summed E-state index contributed by atoms with van der Waals surface area (Å²) in [5.41, 5.74) is 0. The van der Waals surface area contributed by atoms with Gasteiger partial charge >= 0.3 is 0 Å². The number of carbonyl (C=O) groups is 1. The highest BCUT2D eigenvalue weighted by atomic mass is 79.9. The number of halogens is 2. The molecule has 0 bridgehead atoms. The first kappa shape index (κ1) is 13.0. The second-order valence-corrected chi connectivity index (χ2v) is 4.96. The molecule has 1 atom stereocenters. The van der Waals surface area contributed by atoms with E-state index in [0.717, 1.165) is 4.47 Å². The Kier molecular flexibility index (Phi) is 5.60. The molecule has 1 aromatic heterocycles. The van der Waals surface area contributed by atoms with Crippen molar-refractivity contribution in [3.63, 3.8) is 0 Å². The SMILES string of the molecule is COCC(CCl)NC(=O)c1sccc1Br. The second-order valence-electron chi connectivity index (χ2n) is 2.88. The van der Waals surface area contributed by atoms with Crippen molar-refractivity contribution in [3.05, 3.63) is 20.8 Å². The molecule has 1 amide bonds. The molecule has 1 rings (SSSR count). The zero-order chi connectivity index (χ0) is 11.3. The summed E-state index contributed by atoms with van der Waals surface area (Å²) in [5, 5.41) is 4.65. The standard InChI is InChI=1S/C9H11BrClNO2S/c1-14-5-6(4-11)12-9(13)8-7(10)2-3-15-8/h2-3,6H,4-5H2,1H3,(H,12,13). The van der Waals surface area contributed by atoms with Crippen LogP contribution in [0, 0.1) is 0 Å². The van der Waals surface area contributed by atoms with Gasteiger partial charge in [-0.15, -0.1) is 22.9 Å². The van der Waals surface area contributed by atoms with Crippen LogP contribution in [0.2, 0.25) is 0 Å². The van der Waals surface area contributed by atoms with Crippen molar-refractivity contribution in [2.75, 3.05) is 19.6 Å². The normalized spacial score (nSPS) is 12.5. The van der Waals surface area contributed by atoms with Gasteiger partial charge in [0.05, 0.1) is 12.6 Å². The van der Waals surface area contributed by atoms with Crippen LogP contribution in [0.25, 0.3) is 0 Å². The van der Waals surface area contributed by atoms with E-state index in [2.05, 4.69) is 21.2 Å². The maximum absolute atomic E-state index is 11.7. The fraction of sp³-hybridized carbons (Fsp3) is 0.444. The van der Waals surface area contributed by atoms with Crippen molar-refractivity contribution in [2.45, 2.75) is 6.04 Å². The Hall–Kier alpha value is -0.100. The zero-order valence-electron chi connectivity index (χ0n) is 8.13. The molecule has 6 heteroatoms. The van der Waals surface area contributed by atoms with Crippen molar-refractivity contribution in [1.29, 1.82) is 0 Å². The van der Waals surface area contributed by atoms with E-state index >= 15 is 0 Å². The molecular weight excluding hydrogens is 302 g/mol. The zero-order valence-corrected chi connectivity index (χ0v) is 11.3. The molecule has 0 aliphatic heterocycles. The molecule has 0 spiro atoms. The van der Waals surface area contributed by atoms with E-state index < -0.39 is 0 Å². The van der Waals surface area contributed by atoms with Gasteiger partial charge in [-0.05, 0) is 27.4 Å². The van der Waals surface area contributed by atoms with Crippen molar-refractivity contribution in [2.24, 2.45) is 0 Å². The van der Waals surface area contributed by atoms with Gasteiger partial charge in [0.25, 0.3) is 5.91 Å². The minimum atomic E-state index is -0.154. The first-order chi connectivity index (χ1) is 7.19. The molecule has 15 heavy (non-hydrogen) atoms. The van der Waals surface area contributed by atoms with Gasteiger partial charge in [-0.25, -0.2) is 0 Å². The van der Waals surface area contributed by atoms with E-state index in [0.29, 0.717) is 17.4 Å². The topological polar surface area (TPSA) is 38.3 Å². The van der Waals surface area contributed by atoms with E-state index in [1.807, 2.05) is 11.4 Å². The Morgan fingerprint density at radius 1 is 1.80 bits per heavy atom. The first-order valence-electron chi connectivity index (χ1n) is 4.27. The molecule has 1 heterocycles. The van der Waals surface area contributed by atoms with Crippen molar-refractivity contribution >= 4 is 44.8 Å². The number of alkyl halides is 1. The van der Waals surface area contributed by atoms with Gasteiger partial charge in [0, 0.05) is 17.5 Å². The van der Waals surface area contributed by atoms with Gasteiger partial charge in [-0.2, -0.15) is 0 Å². The lowest BCUT2D eigenvalue weighted by Gasteiger charge is -2.14. The summed E-state index contributed by atoms with van der Waals surface area (Å²) >= 11 is 10.4. The van der Waals surface area contributed by atoms with E-state index in [9.17, 15) is 4.79 Å². The molecule has 84 valence electrons. The van der Waals surface area contributed by atoms with E-state index in [4.69, 9.17) is 16.3 Å². The van der Waals surface area contributed by atoms with Crippen LogP contribution in [0.4, 0.5) is 0 Å². The third kappa shape index (κ3) is 3.75. The van der Waals surface area contributed by atoms with Gasteiger partial charge in [0.2, 0.25) is 0 Å². The number of ether oxygens (including phenoxy) is 1. The number of hydrogen-bond donors (Lipinski definition) is 1. The predicted octanol–water partition coefficient (Wildman–Crippen LogP) is 2.49. The Morgan fingerprint density at radius 2 is 2.53 bits per heavy atom. The van der Waals surface area contributed by atoms with E-state index in [-0.39, 0.29) is 11.9 Å². The van der Waals surface area contributed by atoms with Gasteiger partial charge in [-0.3, -0.25) is 4.79 Å². The highest BCUT2D eigenvalue weighted by molar-refractivity contribution is 9.10. The number of nitrogens with one attached hydrogen (secondary N) is 1. The Balaban J connectivity index is 2.58. The maximum Gasteiger partial charge on any atom is 0.262 e. The van der Waals surface area contributed by atoms with E-state index in [1.54, 1.807) is 7.11 Å². The van der Waals surface area contributed by atoms with Crippen LogP contribution in [-0.4, -0.2) is 31.5 Å². The Bertz CT molecular complexity index is 332. The molecular formula is C9H11BrClNO2S. The van der Waals surface area contributed by atoms with Crippen LogP contribution in [-0.2, 0) is 4.74 Å². The summed E-state index contributed by atoms with van der Waals surface area (Å²) in [6.45, 7) is 0.415. The average molecular weight is 313 g/mol. The van der Waals surface area contributed by atoms with Crippen LogP contribution in [0.15, 0.2) is 15.9 Å². The average Bonchev–Trinajstić information content (AvgIpc) is 2.63. The molecule has 0 fully saturated rings. The fourth-order valence-corrected chi connectivity index (χ4v) is 2.65. The van der Waals surface area contributed by atoms with Crippen molar-refractivity contribution in [1.82, 2.24) is 5.32 Å². The summed E-state index contributed by atoms with van der Waals surface area (Å²) in [6.07, 6.45) is 0. The molecule has 0 saturated heterocycles. The Labute approximate surface area is 106 Å². The number of hydrogen-bond acceptors (Lipinski definition) is 3. The summed E-state index contributed by atoms with van der Waals surface area (Å²) in [4.78, 5) is 12.4. The maximum atomic E-state index is 11.7. The summed E-state index contributed by atoms with van der Waals surface area (Å²) < 4.78 is 5.74. The first-order valence-corrected chi connectivity index (χ1v) is 6.48. The molecule has 0 aliphatic rings. The fourth-order valence-electron chi connectivity index (χ4n) is 1.03. The number of methoxy groups -OCH3 is 1. The molecule has 1 aromatic rings. The van der Waals surface area contributed by atoms with E-state index in [1.165, 1.54) is 11.3 Å². The van der Waals surface area contributed by atoms with Gasteiger partial charge in [-0.1, -0.05) is 0 Å². The molecule has 0 aliphatic carbocycles. The lowest BCUT2D eigenvalue weighted by molar-refractivity contribution is 0.0910.